The van der Waals surface area contributed by atoms with Crippen LogP contribution in [0.15, 0.2) is 60.7 Å². The summed E-state index contributed by atoms with van der Waals surface area (Å²) < 4.78 is 9.14. The van der Waals surface area contributed by atoms with E-state index in [2.05, 4.69) is 21.6 Å². The fourth-order valence-electron chi connectivity index (χ4n) is 3.37. The van der Waals surface area contributed by atoms with Crippen LogP contribution >= 0.6 is 0 Å². The number of benzene rings is 2. The van der Waals surface area contributed by atoms with Crippen LogP contribution in [-0.2, 0) is 19.1 Å². The van der Waals surface area contributed by atoms with Gasteiger partial charge in [-0.1, -0.05) is 49.3 Å². The molecule has 0 aliphatic rings. The Morgan fingerprint density at radius 3 is 1.55 bits per heavy atom. The van der Waals surface area contributed by atoms with Gasteiger partial charge in [-0.05, 0) is 73.9 Å². The summed E-state index contributed by atoms with van der Waals surface area (Å²) in [6, 6.07) is 14.3. The number of rotatable bonds is 15. The second-order valence-electron chi connectivity index (χ2n) is 8.67. The molecule has 0 unspecified atom stereocenters. The molecule has 2 rings (SSSR count). The Morgan fingerprint density at radius 1 is 0.737 bits per heavy atom. The summed E-state index contributed by atoms with van der Waals surface area (Å²) in [6.45, 7) is 0. The maximum absolute atomic E-state index is 10.9. The molecule has 0 aliphatic heterocycles. The summed E-state index contributed by atoms with van der Waals surface area (Å²) in [5, 5.41) is 10.5. The fraction of sp³-hybridized carbons (Fsp3) is 0.400. The second kappa shape index (κ2) is 20.2. The highest BCUT2D eigenvalue weighted by Crippen LogP contribution is 2.14. The zero-order valence-corrected chi connectivity index (χ0v) is 22.5. The molecule has 38 heavy (non-hydrogen) atoms. The number of nitrogens with zero attached hydrogens (tertiary/aromatic N) is 1. The number of allylic oxidation sites excluding steroid dienone is 2. The summed E-state index contributed by atoms with van der Waals surface area (Å²) in [5.41, 5.74) is 8.61. The van der Waals surface area contributed by atoms with E-state index in [9.17, 15) is 19.7 Å². The van der Waals surface area contributed by atoms with E-state index in [-0.39, 0.29) is 17.6 Å². The van der Waals surface area contributed by atoms with E-state index in [0.717, 1.165) is 62.6 Å². The average molecular weight is 525 g/mol. The first-order valence-electron chi connectivity index (χ1n) is 12.9. The molecule has 0 heterocycles. The summed E-state index contributed by atoms with van der Waals surface area (Å²) in [7, 11) is 2.83. The number of non-ortho nitro benzene ring substituents is 1. The Balaban J connectivity index is 0.000000382. The lowest BCUT2D eigenvalue weighted by Crippen LogP contribution is -1.98. The third kappa shape index (κ3) is 15.9. The molecule has 0 saturated carbocycles. The number of anilines is 1. The minimum absolute atomic E-state index is 0.102. The molecule has 0 fully saturated rings. The topological polar surface area (TPSA) is 122 Å². The molecule has 8 nitrogen and oxygen atoms in total. The molecule has 0 bridgehead atoms. The van der Waals surface area contributed by atoms with Crippen LogP contribution in [0, 0.1) is 10.1 Å². The maximum Gasteiger partial charge on any atom is 0.305 e. The SMILES string of the molecule is COC(=O)CCCCC/C=C/c1ccc(N)cc1.COC(=O)CCCCC/C=C/c1ccc([N+](=O)[O-])cc1. The van der Waals surface area contributed by atoms with E-state index in [1.54, 1.807) is 12.1 Å². The van der Waals surface area contributed by atoms with Crippen LogP contribution in [0.4, 0.5) is 11.4 Å². The molecule has 2 aromatic rings. The minimum Gasteiger partial charge on any atom is -0.469 e. The molecule has 206 valence electrons. The van der Waals surface area contributed by atoms with Crippen molar-refractivity contribution in [3.63, 3.8) is 0 Å². The lowest BCUT2D eigenvalue weighted by molar-refractivity contribution is -0.384. The number of hydrogen-bond acceptors (Lipinski definition) is 7. The van der Waals surface area contributed by atoms with Crippen LogP contribution in [0.3, 0.4) is 0 Å². The lowest BCUT2D eigenvalue weighted by atomic mass is 10.1. The Hall–Kier alpha value is -3.94. The number of ether oxygens (including phenoxy) is 2. The van der Waals surface area contributed by atoms with Gasteiger partial charge in [-0.3, -0.25) is 19.7 Å². The van der Waals surface area contributed by atoms with Gasteiger partial charge < -0.3 is 15.2 Å². The van der Waals surface area contributed by atoms with Gasteiger partial charge >= 0.3 is 11.9 Å². The molecule has 0 spiro atoms. The summed E-state index contributed by atoms with van der Waals surface area (Å²) in [4.78, 5) is 31.8. The van der Waals surface area contributed by atoms with Gasteiger partial charge in [0.1, 0.15) is 0 Å². The first kappa shape index (κ1) is 32.1. The van der Waals surface area contributed by atoms with E-state index < -0.39 is 4.92 Å². The van der Waals surface area contributed by atoms with Crippen molar-refractivity contribution in [2.75, 3.05) is 20.0 Å². The highest BCUT2D eigenvalue weighted by molar-refractivity contribution is 5.69. The largest absolute Gasteiger partial charge is 0.469 e. The van der Waals surface area contributed by atoms with Crippen LogP contribution in [0.5, 0.6) is 0 Å². The molecule has 0 aliphatic carbocycles. The van der Waals surface area contributed by atoms with Crippen molar-refractivity contribution in [3.8, 4) is 0 Å². The number of carbonyl (C=O) groups excluding carboxylic acids is 2. The molecule has 2 aromatic carbocycles. The number of hydrogen-bond donors (Lipinski definition) is 1. The molecule has 0 atom stereocenters. The molecular formula is C30H40N2O6. The number of nitro benzene ring substituents is 1. The van der Waals surface area contributed by atoms with Crippen molar-refractivity contribution in [3.05, 3.63) is 81.9 Å². The molecule has 0 amide bonds. The van der Waals surface area contributed by atoms with Gasteiger partial charge in [0, 0.05) is 30.7 Å². The quantitative estimate of drug-likeness (QED) is 0.0864. The predicted octanol–water partition coefficient (Wildman–Crippen LogP) is 7.14. The van der Waals surface area contributed by atoms with E-state index in [1.165, 1.54) is 31.9 Å². The lowest BCUT2D eigenvalue weighted by Gasteiger charge is -1.98. The van der Waals surface area contributed by atoms with Crippen molar-refractivity contribution in [2.45, 2.75) is 64.2 Å². The zero-order valence-electron chi connectivity index (χ0n) is 22.5. The first-order chi connectivity index (χ1) is 18.3. The Morgan fingerprint density at radius 2 is 1.16 bits per heavy atom. The third-order valence-electron chi connectivity index (χ3n) is 5.62. The van der Waals surface area contributed by atoms with Gasteiger partial charge in [-0.2, -0.15) is 0 Å². The zero-order chi connectivity index (χ0) is 28.0. The van der Waals surface area contributed by atoms with Gasteiger partial charge in [-0.25, -0.2) is 0 Å². The normalized spacial score (nSPS) is 10.7. The van der Waals surface area contributed by atoms with Crippen molar-refractivity contribution < 1.29 is 24.0 Å². The van der Waals surface area contributed by atoms with E-state index in [4.69, 9.17) is 5.73 Å². The molecular weight excluding hydrogens is 484 g/mol. The van der Waals surface area contributed by atoms with Crippen molar-refractivity contribution in [1.29, 1.82) is 0 Å². The molecule has 2 N–H and O–H groups in total. The van der Waals surface area contributed by atoms with Crippen molar-refractivity contribution in [1.82, 2.24) is 0 Å². The van der Waals surface area contributed by atoms with E-state index in [1.807, 2.05) is 36.4 Å². The van der Waals surface area contributed by atoms with Gasteiger partial charge in [0.25, 0.3) is 5.69 Å². The number of carbonyl (C=O) groups is 2. The molecule has 0 aromatic heterocycles. The summed E-state index contributed by atoms with van der Waals surface area (Å²) >= 11 is 0. The number of nitrogens with two attached hydrogens (primary N) is 1. The number of unbranched alkanes of at least 4 members (excludes halogenated alkanes) is 6. The highest BCUT2D eigenvalue weighted by atomic mass is 16.6. The highest BCUT2D eigenvalue weighted by Gasteiger charge is 2.02. The Labute approximate surface area is 225 Å². The Kier molecular flexibility index (Phi) is 17.0. The number of nitro groups is 1. The van der Waals surface area contributed by atoms with E-state index in [0.29, 0.717) is 12.8 Å². The monoisotopic (exact) mass is 524 g/mol. The van der Waals surface area contributed by atoms with Crippen LogP contribution in [0.1, 0.15) is 75.3 Å². The minimum atomic E-state index is -0.408. The first-order valence-corrected chi connectivity index (χ1v) is 12.9. The summed E-state index contributed by atoms with van der Waals surface area (Å²) in [6.07, 6.45) is 17.1. The van der Waals surface area contributed by atoms with Crippen molar-refractivity contribution in [2.24, 2.45) is 0 Å². The molecule has 0 saturated heterocycles. The fourth-order valence-corrected chi connectivity index (χ4v) is 3.37. The van der Waals surface area contributed by atoms with Crippen LogP contribution in [-0.4, -0.2) is 31.1 Å². The van der Waals surface area contributed by atoms with Crippen LogP contribution < -0.4 is 5.73 Å². The standard InChI is InChI=1S/C15H19NO4.C15H21NO2/c1-20-15(17)8-6-4-2-3-5-7-13-9-11-14(12-10-13)16(18)19;1-18-15(17)8-6-4-2-3-5-7-13-9-11-14(16)12-10-13/h5,7,9-12H,2-4,6,8H2,1H3;5,7,9-12H,2-4,6,8,16H2,1H3/b2*7-5+. The second-order valence-corrected chi connectivity index (χ2v) is 8.67. The smallest absolute Gasteiger partial charge is 0.305 e. The molecule has 8 heteroatoms. The van der Waals surface area contributed by atoms with Gasteiger partial charge in [0.05, 0.1) is 19.1 Å². The number of nitrogen functional groups attached to an aromatic ring is 1. The van der Waals surface area contributed by atoms with E-state index >= 15 is 0 Å². The number of esters is 2. The average Bonchev–Trinajstić information content (AvgIpc) is 2.93. The number of methoxy groups -OCH3 is 2. The van der Waals surface area contributed by atoms with Crippen LogP contribution in [0.2, 0.25) is 0 Å². The Bertz CT molecular complexity index is 1010. The van der Waals surface area contributed by atoms with Crippen molar-refractivity contribution >= 4 is 35.5 Å². The van der Waals surface area contributed by atoms with Gasteiger partial charge in [-0.15, -0.1) is 0 Å². The van der Waals surface area contributed by atoms with Crippen LogP contribution in [0.25, 0.3) is 12.2 Å². The van der Waals surface area contributed by atoms with Gasteiger partial charge in [0.2, 0.25) is 0 Å². The van der Waals surface area contributed by atoms with Gasteiger partial charge in [0.15, 0.2) is 0 Å². The third-order valence-corrected chi connectivity index (χ3v) is 5.62. The molecule has 0 radical (unpaired) electrons. The predicted molar refractivity (Wildman–Crippen MR) is 152 cm³/mol. The maximum atomic E-state index is 10.9. The summed E-state index contributed by atoms with van der Waals surface area (Å²) in [5.74, 6) is -0.279.